The van der Waals surface area contributed by atoms with E-state index in [9.17, 15) is 4.79 Å². The summed E-state index contributed by atoms with van der Waals surface area (Å²) < 4.78 is 0. The Morgan fingerprint density at radius 2 is 2.05 bits per heavy atom. The highest BCUT2D eigenvalue weighted by molar-refractivity contribution is 5.84. The molecule has 1 amide bonds. The first-order valence-electron chi connectivity index (χ1n) is 7.69. The summed E-state index contributed by atoms with van der Waals surface area (Å²) in [6.45, 7) is 11.5. The van der Waals surface area contributed by atoms with Gasteiger partial charge >= 0.3 is 0 Å². The molecule has 2 unspecified atom stereocenters. The Morgan fingerprint density at radius 1 is 1.37 bits per heavy atom. The van der Waals surface area contributed by atoms with Gasteiger partial charge in [0, 0.05) is 12.6 Å². The summed E-state index contributed by atoms with van der Waals surface area (Å²) in [5.41, 5.74) is 0. The number of unbranched alkanes of at least 4 members (excludes halogenated alkanes) is 1. The number of nitrogens with zero attached hydrogens (tertiary/aromatic N) is 2. The van der Waals surface area contributed by atoms with Crippen molar-refractivity contribution in [2.24, 2.45) is 5.92 Å². The van der Waals surface area contributed by atoms with E-state index in [0.717, 1.165) is 39.0 Å². The molecule has 2 atom stereocenters. The lowest BCUT2D eigenvalue weighted by Crippen LogP contribution is -2.36. The number of carbonyl (C=O) groups is 1. The summed E-state index contributed by atoms with van der Waals surface area (Å²) in [6, 6.07) is 0.646. The van der Waals surface area contributed by atoms with Gasteiger partial charge in [0.25, 0.3) is 0 Å². The van der Waals surface area contributed by atoms with E-state index in [-0.39, 0.29) is 6.04 Å². The molecule has 1 fully saturated rings. The molecule has 0 saturated carbocycles. The number of rotatable bonds is 8. The van der Waals surface area contributed by atoms with Gasteiger partial charge in [0.15, 0.2) is 0 Å². The quantitative estimate of drug-likeness (QED) is 0.684. The Morgan fingerprint density at radius 3 is 2.63 bits per heavy atom. The van der Waals surface area contributed by atoms with Gasteiger partial charge in [-0.2, -0.15) is 0 Å². The van der Waals surface area contributed by atoms with Gasteiger partial charge in [0.1, 0.15) is 0 Å². The van der Waals surface area contributed by atoms with Crippen molar-refractivity contribution in [1.29, 1.82) is 0 Å². The number of hydrogen-bond acceptors (Lipinski definition) is 3. The third-order valence-corrected chi connectivity index (χ3v) is 4.36. The monoisotopic (exact) mass is 269 g/mol. The minimum Gasteiger partial charge on any atom is -0.329 e. The number of carbonyl (C=O) groups excluding carboxylic acids is 1. The molecule has 1 saturated heterocycles. The largest absolute Gasteiger partial charge is 0.329 e. The normalized spacial score (nSPS) is 21.7. The molecule has 0 spiro atoms. The predicted octanol–water partition coefficient (Wildman–Crippen LogP) is 1.91. The second-order valence-electron chi connectivity index (χ2n) is 6.11. The van der Waals surface area contributed by atoms with Gasteiger partial charge < -0.3 is 9.80 Å². The molecule has 1 aliphatic rings. The second kappa shape index (κ2) is 7.85. The molecule has 0 aliphatic carbocycles. The fourth-order valence-corrected chi connectivity index (χ4v) is 2.36. The summed E-state index contributed by atoms with van der Waals surface area (Å²) in [7, 11) is 2.16. The van der Waals surface area contributed by atoms with Gasteiger partial charge in [-0.25, -0.2) is 0 Å². The van der Waals surface area contributed by atoms with Crippen molar-refractivity contribution in [3.63, 3.8) is 0 Å². The first-order valence-corrected chi connectivity index (χ1v) is 7.69. The van der Waals surface area contributed by atoms with Gasteiger partial charge in [-0.15, -0.1) is 0 Å². The minimum absolute atomic E-state index is 0.0448. The van der Waals surface area contributed by atoms with Crippen molar-refractivity contribution >= 4 is 5.91 Å². The van der Waals surface area contributed by atoms with E-state index in [1.165, 1.54) is 0 Å². The van der Waals surface area contributed by atoms with Gasteiger partial charge in [0.05, 0.1) is 12.7 Å². The van der Waals surface area contributed by atoms with E-state index in [4.69, 9.17) is 0 Å². The summed E-state index contributed by atoms with van der Waals surface area (Å²) in [5, 5.41) is 3.34. The van der Waals surface area contributed by atoms with Gasteiger partial charge in [-0.1, -0.05) is 20.3 Å². The topological polar surface area (TPSA) is 35.6 Å². The average molecular weight is 269 g/mol. The third-order valence-electron chi connectivity index (χ3n) is 4.36. The molecule has 0 aromatic rings. The van der Waals surface area contributed by atoms with E-state index in [1.807, 2.05) is 4.90 Å². The van der Waals surface area contributed by atoms with Crippen molar-refractivity contribution in [3.8, 4) is 0 Å². The molecule has 0 bridgehead atoms. The Labute approximate surface area is 118 Å². The van der Waals surface area contributed by atoms with Crippen molar-refractivity contribution in [1.82, 2.24) is 15.1 Å². The molecule has 0 aromatic carbocycles. The molecule has 1 aliphatic heterocycles. The second-order valence-corrected chi connectivity index (χ2v) is 6.11. The maximum Gasteiger partial charge on any atom is 0.241 e. The van der Waals surface area contributed by atoms with E-state index in [2.05, 4.69) is 45.0 Å². The third kappa shape index (κ3) is 4.77. The molecule has 0 radical (unpaired) electrons. The van der Waals surface area contributed by atoms with Crippen molar-refractivity contribution in [2.45, 2.75) is 59.0 Å². The van der Waals surface area contributed by atoms with Crippen LogP contribution in [-0.4, -0.2) is 54.6 Å². The summed E-state index contributed by atoms with van der Waals surface area (Å²) in [4.78, 5) is 16.5. The lowest BCUT2D eigenvalue weighted by atomic mass is 9.99. The smallest absolute Gasteiger partial charge is 0.241 e. The van der Waals surface area contributed by atoms with Gasteiger partial charge in [-0.05, 0) is 46.2 Å². The Kier molecular flexibility index (Phi) is 6.80. The van der Waals surface area contributed by atoms with Crippen molar-refractivity contribution in [3.05, 3.63) is 0 Å². The summed E-state index contributed by atoms with van der Waals surface area (Å²) in [6.07, 6.45) is 3.31. The van der Waals surface area contributed by atoms with Crippen molar-refractivity contribution in [2.75, 3.05) is 26.8 Å². The minimum atomic E-state index is 0.0448. The van der Waals surface area contributed by atoms with E-state index >= 15 is 0 Å². The molecule has 1 heterocycles. The zero-order valence-electron chi connectivity index (χ0n) is 13.3. The first-order chi connectivity index (χ1) is 8.97. The number of amides is 1. The van der Waals surface area contributed by atoms with E-state index in [1.54, 1.807) is 0 Å². The summed E-state index contributed by atoms with van der Waals surface area (Å²) in [5.74, 6) is 0.733. The van der Waals surface area contributed by atoms with Crippen LogP contribution in [0.5, 0.6) is 0 Å². The number of nitrogens with one attached hydrogen (secondary N) is 1. The molecule has 4 heteroatoms. The highest BCUT2D eigenvalue weighted by Gasteiger charge is 2.33. The molecular formula is C15H31N3O. The van der Waals surface area contributed by atoms with Crippen LogP contribution in [0.2, 0.25) is 0 Å². The van der Waals surface area contributed by atoms with Crippen LogP contribution in [0.15, 0.2) is 0 Å². The fourth-order valence-electron chi connectivity index (χ4n) is 2.36. The lowest BCUT2D eigenvalue weighted by molar-refractivity contribution is -0.129. The molecule has 4 nitrogen and oxygen atoms in total. The van der Waals surface area contributed by atoms with Crippen LogP contribution < -0.4 is 5.32 Å². The Hall–Kier alpha value is -0.610. The maximum atomic E-state index is 12.2. The zero-order valence-corrected chi connectivity index (χ0v) is 13.3. The SMILES string of the molecule is CCC(C)C1NCN(CCCCN(C)C(C)C)C1=O. The highest BCUT2D eigenvalue weighted by Crippen LogP contribution is 2.15. The fraction of sp³-hybridized carbons (Fsp3) is 0.933. The zero-order chi connectivity index (χ0) is 14.4. The molecule has 0 aromatic heterocycles. The molecule has 19 heavy (non-hydrogen) atoms. The summed E-state index contributed by atoms with van der Waals surface area (Å²) >= 11 is 0. The van der Waals surface area contributed by atoms with E-state index < -0.39 is 0 Å². The van der Waals surface area contributed by atoms with Crippen LogP contribution in [0.25, 0.3) is 0 Å². The van der Waals surface area contributed by atoms with Gasteiger partial charge in [-0.3, -0.25) is 10.1 Å². The van der Waals surface area contributed by atoms with Crippen LogP contribution in [0.4, 0.5) is 0 Å². The van der Waals surface area contributed by atoms with Gasteiger partial charge in [0.2, 0.25) is 5.91 Å². The van der Waals surface area contributed by atoms with Crippen LogP contribution in [-0.2, 0) is 4.79 Å². The van der Waals surface area contributed by atoms with Crippen LogP contribution in [0.3, 0.4) is 0 Å². The van der Waals surface area contributed by atoms with E-state index in [0.29, 0.717) is 17.9 Å². The highest BCUT2D eigenvalue weighted by atomic mass is 16.2. The molecule has 1 N–H and O–H groups in total. The van der Waals surface area contributed by atoms with Crippen LogP contribution in [0.1, 0.15) is 47.0 Å². The number of hydrogen-bond donors (Lipinski definition) is 1. The standard InChI is InChI=1S/C15H31N3O/c1-6-13(4)14-15(19)18(11-16-14)10-8-7-9-17(5)12(2)3/h12-14,16H,6-11H2,1-5H3. The molecular weight excluding hydrogens is 238 g/mol. The predicted molar refractivity (Wildman–Crippen MR) is 80.0 cm³/mol. The average Bonchev–Trinajstić information content (AvgIpc) is 2.75. The lowest BCUT2D eigenvalue weighted by Gasteiger charge is -2.22. The van der Waals surface area contributed by atoms with Crippen LogP contribution >= 0.6 is 0 Å². The molecule has 112 valence electrons. The van der Waals surface area contributed by atoms with Crippen molar-refractivity contribution < 1.29 is 4.79 Å². The van der Waals surface area contributed by atoms with Crippen LogP contribution in [0, 0.1) is 5.92 Å². The maximum absolute atomic E-state index is 12.2. The molecule has 1 rings (SSSR count). The Balaban J connectivity index is 2.23. The Bertz CT molecular complexity index is 281. The first kappa shape index (κ1) is 16.4.